The normalized spacial score (nSPS) is 15.0. The van der Waals surface area contributed by atoms with Crippen molar-refractivity contribution in [2.45, 2.75) is 19.4 Å². The molecule has 1 N–H and O–H groups in total. The highest BCUT2D eigenvalue weighted by atomic mass is 16.5. The molecule has 0 radical (unpaired) electrons. The van der Waals surface area contributed by atoms with Gasteiger partial charge in [-0.25, -0.2) is 0 Å². The number of benzene rings is 2. The standard InChI is InChI=1S/C22H22N4O3/c1-14-13-15-7-4-5-8-16(15)26(14)20-12-11-19(24-25-20)23-22(27)21-17(28-2)9-6-10-18(21)29-3/h4-12,14H,13H2,1-3H3,(H,23,24,27). The number of carbonyl (C=O) groups excluding carboxylic acids is 1. The number of amides is 1. The van der Waals surface area contributed by atoms with E-state index in [0.717, 1.165) is 17.9 Å². The summed E-state index contributed by atoms with van der Waals surface area (Å²) in [4.78, 5) is 14.9. The summed E-state index contributed by atoms with van der Waals surface area (Å²) in [5, 5.41) is 11.3. The van der Waals surface area contributed by atoms with Crippen molar-refractivity contribution in [1.82, 2.24) is 10.2 Å². The summed E-state index contributed by atoms with van der Waals surface area (Å²) in [6, 6.07) is 17.4. The van der Waals surface area contributed by atoms with Gasteiger partial charge in [-0.1, -0.05) is 24.3 Å². The van der Waals surface area contributed by atoms with E-state index in [9.17, 15) is 4.79 Å². The quantitative estimate of drug-likeness (QED) is 0.714. The van der Waals surface area contributed by atoms with Crippen LogP contribution in [-0.4, -0.2) is 36.4 Å². The van der Waals surface area contributed by atoms with Gasteiger partial charge in [0.1, 0.15) is 17.1 Å². The highest BCUT2D eigenvalue weighted by molar-refractivity contribution is 6.07. The van der Waals surface area contributed by atoms with E-state index in [-0.39, 0.29) is 5.91 Å². The van der Waals surface area contributed by atoms with Gasteiger partial charge in [0.25, 0.3) is 5.91 Å². The Balaban J connectivity index is 1.56. The predicted molar refractivity (Wildman–Crippen MR) is 111 cm³/mol. The van der Waals surface area contributed by atoms with Gasteiger partial charge in [0.05, 0.1) is 14.2 Å². The van der Waals surface area contributed by atoms with Crippen molar-refractivity contribution in [3.63, 3.8) is 0 Å². The van der Waals surface area contributed by atoms with E-state index in [2.05, 4.69) is 39.5 Å². The molecule has 7 heteroatoms. The minimum Gasteiger partial charge on any atom is -0.496 e. The van der Waals surface area contributed by atoms with E-state index >= 15 is 0 Å². The van der Waals surface area contributed by atoms with E-state index in [1.807, 2.05) is 18.2 Å². The molecule has 3 aromatic rings. The van der Waals surface area contributed by atoms with Crippen LogP contribution in [0.25, 0.3) is 0 Å². The van der Waals surface area contributed by atoms with Crippen LogP contribution in [0, 0.1) is 0 Å². The van der Waals surface area contributed by atoms with Gasteiger partial charge in [-0.2, -0.15) is 0 Å². The molecule has 0 aliphatic carbocycles. The lowest BCUT2D eigenvalue weighted by atomic mass is 10.1. The second-order valence-corrected chi connectivity index (χ2v) is 6.82. The highest BCUT2D eigenvalue weighted by Crippen LogP contribution is 2.37. The molecule has 0 fully saturated rings. The van der Waals surface area contributed by atoms with Crippen LogP contribution in [0.5, 0.6) is 11.5 Å². The van der Waals surface area contributed by atoms with E-state index in [0.29, 0.717) is 28.9 Å². The summed E-state index contributed by atoms with van der Waals surface area (Å²) < 4.78 is 10.6. The first kappa shape index (κ1) is 18.7. The van der Waals surface area contributed by atoms with Gasteiger partial charge in [0.2, 0.25) is 0 Å². The zero-order valence-electron chi connectivity index (χ0n) is 16.5. The van der Waals surface area contributed by atoms with Crippen LogP contribution in [0.2, 0.25) is 0 Å². The van der Waals surface area contributed by atoms with Gasteiger partial charge in [0.15, 0.2) is 11.6 Å². The summed E-state index contributed by atoms with van der Waals surface area (Å²) in [6.45, 7) is 2.16. The van der Waals surface area contributed by atoms with Crippen LogP contribution >= 0.6 is 0 Å². The lowest BCUT2D eigenvalue weighted by Gasteiger charge is -2.23. The molecule has 0 saturated carbocycles. The van der Waals surface area contributed by atoms with Gasteiger partial charge < -0.3 is 19.7 Å². The van der Waals surface area contributed by atoms with Crippen LogP contribution in [-0.2, 0) is 6.42 Å². The third-order valence-corrected chi connectivity index (χ3v) is 5.00. The fraction of sp³-hybridized carbons (Fsp3) is 0.227. The second-order valence-electron chi connectivity index (χ2n) is 6.82. The Bertz CT molecular complexity index is 1010. The van der Waals surface area contributed by atoms with Crippen LogP contribution in [0.4, 0.5) is 17.3 Å². The molecule has 2 aromatic carbocycles. The molecule has 1 atom stereocenters. The van der Waals surface area contributed by atoms with E-state index in [1.54, 1.807) is 24.3 Å². The highest BCUT2D eigenvalue weighted by Gasteiger charge is 2.28. The smallest absolute Gasteiger partial charge is 0.264 e. The predicted octanol–water partition coefficient (Wildman–Crippen LogP) is 3.83. The first-order valence-corrected chi connectivity index (χ1v) is 9.35. The lowest BCUT2D eigenvalue weighted by molar-refractivity contribution is 0.102. The molecule has 0 saturated heterocycles. The molecular weight excluding hydrogens is 368 g/mol. The third kappa shape index (κ3) is 3.47. The van der Waals surface area contributed by atoms with Crippen molar-refractivity contribution in [2.75, 3.05) is 24.4 Å². The molecule has 29 heavy (non-hydrogen) atoms. The maximum atomic E-state index is 12.8. The van der Waals surface area contributed by atoms with Gasteiger partial charge in [-0.3, -0.25) is 4.79 Å². The first-order valence-electron chi connectivity index (χ1n) is 9.35. The fourth-order valence-electron chi connectivity index (χ4n) is 3.69. The topological polar surface area (TPSA) is 76.6 Å². The minimum absolute atomic E-state index is 0.292. The number of nitrogens with one attached hydrogen (secondary N) is 1. The lowest BCUT2D eigenvalue weighted by Crippen LogP contribution is -2.25. The molecule has 0 bridgehead atoms. The van der Waals surface area contributed by atoms with Crippen molar-refractivity contribution >= 4 is 23.2 Å². The Hall–Kier alpha value is -3.61. The van der Waals surface area contributed by atoms with Crippen molar-refractivity contribution in [3.05, 3.63) is 65.7 Å². The number of nitrogens with zero attached hydrogens (tertiary/aromatic N) is 3. The number of anilines is 3. The number of aromatic nitrogens is 2. The molecule has 1 aliphatic rings. The molecule has 1 amide bonds. The number of fused-ring (bicyclic) bond motifs is 1. The summed E-state index contributed by atoms with van der Waals surface area (Å²) in [6.07, 6.45) is 0.962. The number of para-hydroxylation sites is 1. The van der Waals surface area contributed by atoms with Crippen LogP contribution < -0.4 is 19.7 Å². The summed E-state index contributed by atoms with van der Waals surface area (Å²) >= 11 is 0. The van der Waals surface area contributed by atoms with Crippen molar-refractivity contribution in [2.24, 2.45) is 0 Å². The third-order valence-electron chi connectivity index (χ3n) is 5.00. The monoisotopic (exact) mass is 390 g/mol. The SMILES string of the molecule is COc1cccc(OC)c1C(=O)Nc1ccc(N2c3ccccc3CC2C)nn1. The Labute approximate surface area is 169 Å². The molecule has 1 aliphatic heterocycles. The van der Waals surface area contributed by atoms with Gasteiger partial charge in [-0.05, 0) is 49.2 Å². The van der Waals surface area contributed by atoms with Crippen molar-refractivity contribution < 1.29 is 14.3 Å². The van der Waals surface area contributed by atoms with E-state index < -0.39 is 0 Å². The maximum Gasteiger partial charge on any atom is 0.264 e. The number of rotatable bonds is 5. The summed E-state index contributed by atoms with van der Waals surface area (Å²) in [5.74, 6) is 1.58. The zero-order chi connectivity index (χ0) is 20.4. The van der Waals surface area contributed by atoms with Crippen molar-refractivity contribution in [3.8, 4) is 11.5 Å². The van der Waals surface area contributed by atoms with E-state index in [4.69, 9.17) is 9.47 Å². The van der Waals surface area contributed by atoms with Gasteiger partial charge in [0, 0.05) is 11.7 Å². The molecule has 1 aromatic heterocycles. The van der Waals surface area contributed by atoms with Crippen LogP contribution in [0.1, 0.15) is 22.8 Å². The largest absolute Gasteiger partial charge is 0.496 e. The van der Waals surface area contributed by atoms with Gasteiger partial charge >= 0.3 is 0 Å². The number of methoxy groups -OCH3 is 2. The average Bonchev–Trinajstić information content (AvgIpc) is 3.09. The van der Waals surface area contributed by atoms with E-state index in [1.165, 1.54) is 19.8 Å². The molecule has 1 unspecified atom stereocenters. The average molecular weight is 390 g/mol. The van der Waals surface area contributed by atoms with Gasteiger partial charge in [-0.15, -0.1) is 10.2 Å². The number of hydrogen-bond acceptors (Lipinski definition) is 6. The summed E-state index contributed by atoms with van der Waals surface area (Å²) in [5.41, 5.74) is 2.75. The Morgan fingerprint density at radius 3 is 2.38 bits per heavy atom. The molecule has 4 rings (SSSR count). The Kier molecular flexibility index (Phi) is 5.03. The second kappa shape index (κ2) is 7.79. The molecule has 7 nitrogen and oxygen atoms in total. The molecular formula is C22H22N4O3. The van der Waals surface area contributed by atoms with Crippen molar-refractivity contribution in [1.29, 1.82) is 0 Å². The zero-order valence-corrected chi connectivity index (χ0v) is 16.5. The molecule has 0 spiro atoms. The van der Waals surface area contributed by atoms with Crippen LogP contribution in [0.3, 0.4) is 0 Å². The Morgan fingerprint density at radius 1 is 1.00 bits per heavy atom. The first-order chi connectivity index (χ1) is 14.1. The number of hydrogen-bond donors (Lipinski definition) is 1. The summed E-state index contributed by atoms with van der Waals surface area (Å²) in [7, 11) is 3.02. The number of ether oxygens (including phenoxy) is 2. The Morgan fingerprint density at radius 2 is 1.72 bits per heavy atom. The number of carbonyl (C=O) groups is 1. The molecule has 148 valence electrons. The maximum absolute atomic E-state index is 12.8. The van der Waals surface area contributed by atoms with Crippen LogP contribution in [0.15, 0.2) is 54.6 Å². The molecule has 2 heterocycles. The fourth-order valence-corrected chi connectivity index (χ4v) is 3.69. The minimum atomic E-state index is -0.374.